The van der Waals surface area contributed by atoms with Crippen molar-refractivity contribution in [2.75, 3.05) is 13.6 Å². The fraction of sp³-hybridized carbons (Fsp3) is 0.250. The van der Waals surface area contributed by atoms with E-state index in [0.29, 0.717) is 5.02 Å². The van der Waals surface area contributed by atoms with Crippen LogP contribution in [0.1, 0.15) is 22.6 Å². The van der Waals surface area contributed by atoms with E-state index in [9.17, 15) is 0 Å². The lowest BCUT2D eigenvalue weighted by Gasteiger charge is -2.33. The van der Waals surface area contributed by atoms with E-state index in [4.69, 9.17) is 28.3 Å². The highest BCUT2D eigenvalue weighted by molar-refractivity contribution is 7.97. The highest BCUT2D eigenvalue weighted by Gasteiger charge is 2.26. The Bertz CT molecular complexity index is 658. The number of nitrogens with two attached hydrogens (primary N) is 1. The Labute approximate surface area is 139 Å². The minimum absolute atomic E-state index is 0.284. The number of halogens is 2. The summed E-state index contributed by atoms with van der Waals surface area (Å²) in [6, 6.07) is 12.3. The van der Waals surface area contributed by atoms with Gasteiger partial charge in [-0.3, -0.25) is 5.14 Å². The summed E-state index contributed by atoms with van der Waals surface area (Å²) in [5, 5.41) is 7.04. The van der Waals surface area contributed by atoms with E-state index in [1.54, 1.807) is 0 Å². The molecule has 0 saturated carbocycles. The molecule has 0 fully saturated rings. The van der Waals surface area contributed by atoms with Gasteiger partial charge in [-0.2, -0.15) is 0 Å². The summed E-state index contributed by atoms with van der Waals surface area (Å²) in [5.41, 5.74) is 3.68. The number of hydrogen-bond acceptors (Lipinski definition) is 3. The van der Waals surface area contributed by atoms with Crippen LogP contribution in [0, 0.1) is 0 Å². The molecule has 0 bridgehead atoms. The van der Waals surface area contributed by atoms with Crippen LogP contribution in [-0.4, -0.2) is 18.5 Å². The topological polar surface area (TPSA) is 29.3 Å². The average molecular weight is 339 g/mol. The van der Waals surface area contributed by atoms with Crippen molar-refractivity contribution in [3.8, 4) is 0 Å². The van der Waals surface area contributed by atoms with E-state index >= 15 is 0 Å². The Balaban J connectivity index is 2.07. The molecule has 2 N–H and O–H groups in total. The summed E-state index contributed by atoms with van der Waals surface area (Å²) in [4.78, 5) is 3.35. The number of fused-ring (bicyclic) bond motifs is 1. The molecular formula is C16H16Cl2N2S. The molecule has 3 rings (SSSR count). The van der Waals surface area contributed by atoms with Crippen LogP contribution in [0.25, 0.3) is 0 Å². The molecule has 5 heteroatoms. The van der Waals surface area contributed by atoms with Gasteiger partial charge >= 0.3 is 0 Å². The van der Waals surface area contributed by atoms with Crippen molar-refractivity contribution < 1.29 is 0 Å². The maximum atomic E-state index is 6.38. The predicted molar refractivity (Wildman–Crippen MR) is 91.1 cm³/mol. The van der Waals surface area contributed by atoms with Crippen LogP contribution in [0.3, 0.4) is 0 Å². The second kappa shape index (κ2) is 6.19. The van der Waals surface area contributed by atoms with Crippen LogP contribution in [0.2, 0.25) is 10.0 Å². The minimum atomic E-state index is 0.284. The summed E-state index contributed by atoms with van der Waals surface area (Å²) in [5.74, 6) is 0.284. The molecule has 1 aliphatic rings. The molecule has 21 heavy (non-hydrogen) atoms. The third-order valence-electron chi connectivity index (χ3n) is 3.91. The van der Waals surface area contributed by atoms with Gasteiger partial charge in [-0.15, -0.1) is 0 Å². The minimum Gasteiger partial charge on any atom is -0.301 e. The van der Waals surface area contributed by atoms with Gasteiger partial charge in [-0.25, -0.2) is 0 Å². The molecular weight excluding hydrogens is 323 g/mol. The summed E-state index contributed by atoms with van der Waals surface area (Å²) in [7, 11) is 2.12. The summed E-state index contributed by atoms with van der Waals surface area (Å²) >= 11 is 13.8. The van der Waals surface area contributed by atoms with Crippen molar-refractivity contribution in [3.63, 3.8) is 0 Å². The molecule has 1 atom stereocenters. The Morgan fingerprint density at radius 1 is 1.19 bits per heavy atom. The van der Waals surface area contributed by atoms with Crippen LogP contribution in [0.5, 0.6) is 0 Å². The predicted octanol–water partition coefficient (Wildman–Crippen LogP) is 4.54. The van der Waals surface area contributed by atoms with E-state index < -0.39 is 0 Å². The Hall–Kier alpha value is -0.710. The van der Waals surface area contributed by atoms with E-state index in [2.05, 4.69) is 36.2 Å². The number of hydrogen-bond donors (Lipinski definition) is 1. The van der Waals surface area contributed by atoms with E-state index in [1.807, 2.05) is 12.1 Å². The molecule has 0 saturated heterocycles. The highest BCUT2D eigenvalue weighted by Crippen LogP contribution is 2.38. The van der Waals surface area contributed by atoms with E-state index in [-0.39, 0.29) is 5.92 Å². The van der Waals surface area contributed by atoms with Crippen molar-refractivity contribution >= 4 is 35.1 Å². The van der Waals surface area contributed by atoms with Crippen molar-refractivity contribution in [1.29, 1.82) is 0 Å². The number of nitrogens with zero attached hydrogens (tertiary/aromatic N) is 1. The highest BCUT2D eigenvalue weighted by atomic mass is 35.5. The first kappa shape index (κ1) is 15.2. The monoisotopic (exact) mass is 338 g/mol. The number of benzene rings is 2. The molecule has 1 heterocycles. The van der Waals surface area contributed by atoms with Gasteiger partial charge in [0.1, 0.15) is 0 Å². The Kier molecular flexibility index (Phi) is 4.48. The lowest BCUT2D eigenvalue weighted by Crippen LogP contribution is -2.31. The van der Waals surface area contributed by atoms with Crippen LogP contribution < -0.4 is 5.14 Å². The van der Waals surface area contributed by atoms with Gasteiger partial charge in [0.2, 0.25) is 0 Å². The normalized spacial score (nSPS) is 18.6. The van der Waals surface area contributed by atoms with Crippen LogP contribution in [0.4, 0.5) is 0 Å². The molecule has 2 aromatic rings. The summed E-state index contributed by atoms with van der Waals surface area (Å²) in [6.07, 6.45) is 0. The van der Waals surface area contributed by atoms with Crippen molar-refractivity contribution in [3.05, 3.63) is 63.1 Å². The molecule has 1 unspecified atom stereocenters. The number of likely N-dealkylation sites (N-methyl/N-ethyl adjacent to an activating group) is 1. The second-order valence-corrected chi connectivity index (χ2v) is 6.94. The van der Waals surface area contributed by atoms with Gasteiger partial charge in [0.25, 0.3) is 0 Å². The summed E-state index contributed by atoms with van der Waals surface area (Å²) in [6.45, 7) is 1.82. The Morgan fingerprint density at radius 2 is 1.90 bits per heavy atom. The van der Waals surface area contributed by atoms with Crippen molar-refractivity contribution in [2.24, 2.45) is 5.14 Å². The fourth-order valence-electron chi connectivity index (χ4n) is 2.91. The summed E-state index contributed by atoms with van der Waals surface area (Å²) < 4.78 is 0. The maximum absolute atomic E-state index is 6.38. The molecule has 2 nitrogen and oxygen atoms in total. The zero-order valence-corrected chi connectivity index (χ0v) is 14.0. The molecule has 0 radical (unpaired) electrons. The molecule has 0 aliphatic carbocycles. The molecule has 0 aromatic heterocycles. The standard InChI is InChI=1S/C16H16Cl2N2S/c1-20-8-14(10-2-4-12(21-19)5-3-10)13-6-11(17)7-16(18)15(13)9-20/h2-7,14H,8-9,19H2,1H3. The zero-order chi connectivity index (χ0) is 15.0. The lowest BCUT2D eigenvalue weighted by molar-refractivity contribution is 0.295. The van der Waals surface area contributed by atoms with Gasteiger partial charge in [0.05, 0.1) is 0 Å². The first-order chi connectivity index (χ1) is 10.1. The first-order valence-corrected chi connectivity index (χ1v) is 8.35. The second-order valence-electron chi connectivity index (χ2n) is 5.39. The van der Waals surface area contributed by atoms with Gasteiger partial charge in [-0.1, -0.05) is 35.3 Å². The number of rotatable bonds is 2. The first-order valence-electron chi connectivity index (χ1n) is 6.71. The molecule has 110 valence electrons. The maximum Gasteiger partial charge on any atom is 0.0468 e. The molecule has 1 aliphatic heterocycles. The van der Waals surface area contributed by atoms with Crippen LogP contribution in [0.15, 0.2) is 41.3 Å². The lowest BCUT2D eigenvalue weighted by atomic mass is 9.85. The fourth-order valence-corrected chi connectivity index (χ4v) is 3.77. The third kappa shape index (κ3) is 3.08. The van der Waals surface area contributed by atoms with Gasteiger partial charge in [0, 0.05) is 33.9 Å². The quantitative estimate of drug-likeness (QED) is 0.815. The largest absolute Gasteiger partial charge is 0.301 e. The molecule has 2 aromatic carbocycles. The molecule has 0 spiro atoms. The molecule has 0 amide bonds. The van der Waals surface area contributed by atoms with E-state index in [1.165, 1.54) is 28.6 Å². The van der Waals surface area contributed by atoms with Gasteiger partial charge in [-0.05, 0) is 60.0 Å². The Morgan fingerprint density at radius 3 is 2.57 bits per heavy atom. The van der Waals surface area contributed by atoms with Crippen LogP contribution >= 0.6 is 35.1 Å². The van der Waals surface area contributed by atoms with E-state index in [0.717, 1.165) is 23.0 Å². The SMILES string of the molecule is CN1Cc2c(Cl)cc(Cl)cc2C(c2ccc(SN)cc2)C1. The van der Waals surface area contributed by atoms with Gasteiger partial charge in [0.15, 0.2) is 0 Å². The van der Waals surface area contributed by atoms with Crippen LogP contribution in [-0.2, 0) is 6.54 Å². The smallest absolute Gasteiger partial charge is 0.0468 e. The average Bonchev–Trinajstić information content (AvgIpc) is 2.47. The van der Waals surface area contributed by atoms with Crippen molar-refractivity contribution in [2.45, 2.75) is 17.4 Å². The zero-order valence-electron chi connectivity index (χ0n) is 11.6. The van der Waals surface area contributed by atoms with Crippen molar-refractivity contribution in [1.82, 2.24) is 4.90 Å². The van der Waals surface area contributed by atoms with Gasteiger partial charge < -0.3 is 4.90 Å². The third-order valence-corrected chi connectivity index (χ3v) is 5.01.